The van der Waals surface area contributed by atoms with Gasteiger partial charge in [-0.1, -0.05) is 29.8 Å². The Balaban J connectivity index is 1.76. The van der Waals surface area contributed by atoms with Gasteiger partial charge in [0.2, 0.25) is 0 Å². The Hall–Kier alpha value is -0.570. The van der Waals surface area contributed by atoms with Gasteiger partial charge in [0.05, 0.1) is 0 Å². The molecule has 1 heterocycles. The minimum absolute atomic E-state index is 0.383. The molecule has 1 aromatic carbocycles. The third-order valence-electron chi connectivity index (χ3n) is 4.54. The van der Waals surface area contributed by atoms with Gasteiger partial charge in [0.1, 0.15) is 0 Å². The first-order valence-electron chi connectivity index (χ1n) is 7.84. The maximum absolute atomic E-state index is 6.28. The fraction of sp³-hybridized carbons (Fsp3) is 0.647. The average molecular weight is 295 g/mol. The summed E-state index contributed by atoms with van der Waals surface area (Å²) < 4.78 is 0. The van der Waals surface area contributed by atoms with Crippen molar-refractivity contribution in [1.82, 2.24) is 10.2 Å². The molecule has 1 saturated heterocycles. The molecule has 0 bridgehead atoms. The van der Waals surface area contributed by atoms with Crippen molar-refractivity contribution in [3.8, 4) is 0 Å². The summed E-state index contributed by atoms with van der Waals surface area (Å²) in [7, 11) is 2.20. The van der Waals surface area contributed by atoms with Crippen LogP contribution in [-0.2, 0) is 0 Å². The molecule has 20 heavy (non-hydrogen) atoms. The van der Waals surface area contributed by atoms with Crippen molar-refractivity contribution in [2.75, 3.05) is 26.7 Å². The van der Waals surface area contributed by atoms with E-state index in [0.717, 1.165) is 17.5 Å². The molecule has 1 aliphatic heterocycles. The summed E-state index contributed by atoms with van der Waals surface area (Å²) in [6, 6.07) is 8.56. The summed E-state index contributed by atoms with van der Waals surface area (Å²) in [5.74, 6) is 0.882. The molecule has 0 radical (unpaired) electrons. The number of nitrogens with zero attached hydrogens (tertiary/aromatic N) is 1. The van der Waals surface area contributed by atoms with Crippen molar-refractivity contribution < 1.29 is 0 Å². The van der Waals surface area contributed by atoms with Gasteiger partial charge in [-0.15, -0.1) is 0 Å². The van der Waals surface area contributed by atoms with Crippen LogP contribution in [0.3, 0.4) is 0 Å². The van der Waals surface area contributed by atoms with Crippen LogP contribution in [0.1, 0.15) is 44.2 Å². The standard InChI is InChI=1S/C17H27ClN2/c1-14(16-9-3-4-10-17(16)18)20(2)12-6-8-15-7-5-11-19-13-15/h3-4,9-10,14-15,19H,5-8,11-13H2,1-2H3. The van der Waals surface area contributed by atoms with E-state index in [-0.39, 0.29) is 0 Å². The van der Waals surface area contributed by atoms with Gasteiger partial charge >= 0.3 is 0 Å². The first-order valence-corrected chi connectivity index (χ1v) is 8.21. The monoisotopic (exact) mass is 294 g/mol. The maximum Gasteiger partial charge on any atom is 0.0453 e. The summed E-state index contributed by atoms with van der Waals surface area (Å²) in [5.41, 5.74) is 1.23. The lowest BCUT2D eigenvalue weighted by Crippen LogP contribution is -2.30. The Morgan fingerprint density at radius 2 is 2.20 bits per heavy atom. The molecular weight excluding hydrogens is 268 g/mol. The molecule has 2 atom stereocenters. The summed E-state index contributed by atoms with van der Waals surface area (Å²) >= 11 is 6.28. The van der Waals surface area contributed by atoms with Gasteiger partial charge in [-0.3, -0.25) is 4.90 Å². The van der Waals surface area contributed by atoms with E-state index >= 15 is 0 Å². The van der Waals surface area contributed by atoms with Gasteiger partial charge in [0.25, 0.3) is 0 Å². The highest BCUT2D eigenvalue weighted by molar-refractivity contribution is 6.31. The molecule has 1 aliphatic rings. The number of hydrogen-bond acceptors (Lipinski definition) is 2. The van der Waals surface area contributed by atoms with E-state index < -0.39 is 0 Å². The van der Waals surface area contributed by atoms with Gasteiger partial charge in [-0.25, -0.2) is 0 Å². The molecule has 0 aromatic heterocycles. The third-order valence-corrected chi connectivity index (χ3v) is 4.88. The van der Waals surface area contributed by atoms with Crippen LogP contribution in [0.5, 0.6) is 0 Å². The highest BCUT2D eigenvalue weighted by Gasteiger charge is 2.16. The zero-order valence-electron chi connectivity index (χ0n) is 12.7. The van der Waals surface area contributed by atoms with Gasteiger partial charge in [0, 0.05) is 11.1 Å². The summed E-state index contributed by atoms with van der Waals surface area (Å²) in [5, 5.41) is 4.38. The SMILES string of the molecule is CC(c1ccccc1Cl)N(C)CCCC1CCCNC1. The van der Waals surface area contributed by atoms with Crippen LogP contribution < -0.4 is 5.32 Å². The molecule has 2 rings (SSSR count). The zero-order valence-corrected chi connectivity index (χ0v) is 13.5. The van der Waals surface area contributed by atoms with Gasteiger partial charge in [0.15, 0.2) is 0 Å². The van der Waals surface area contributed by atoms with E-state index in [1.807, 2.05) is 12.1 Å². The second-order valence-corrected chi connectivity index (χ2v) is 6.44. The molecule has 112 valence electrons. The smallest absolute Gasteiger partial charge is 0.0453 e. The lowest BCUT2D eigenvalue weighted by atomic mass is 9.94. The molecule has 2 unspecified atom stereocenters. The average Bonchev–Trinajstić information content (AvgIpc) is 2.48. The van der Waals surface area contributed by atoms with Crippen LogP contribution in [-0.4, -0.2) is 31.6 Å². The van der Waals surface area contributed by atoms with Crippen LogP contribution in [0.15, 0.2) is 24.3 Å². The molecule has 0 saturated carbocycles. The van der Waals surface area contributed by atoms with E-state index in [2.05, 4.69) is 36.3 Å². The Bertz CT molecular complexity index is 402. The molecule has 1 N–H and O–H groups in total. The van der Waals surface area contributed by atoms with Crippen molar-refractivity contribution in [3.63, 3.8) is 0 Å². The van der Waals surface area contributed by atoms with Crippen molar-refractivity contribution in [3.05, 3.63) is 34.9 Å². The second kappa shape index (κ2) is 8.02. The van der Waals surface area contributed by atoms with Gasteiger partial charge in [-0.2, -0.15) is 0 Å². The minimum atomic E-state index is 0.383. The number of hydrogen-bond donors (Lipinski definition) is 1. The highest BCUT2D eigenvalue weighted by Crippen LogP contribution is 2.26. The van der Waals surface area contributed by atoms with E-state index in [1.165, 1.54) is 44.3 Å². The van der Waals surface area contributed by atoms with E-state index in [9.17, 15) is 0 Å². The van der Waals surface area contributed by atoms with E-state index in [4.69, 9.17) is 11.6 Å². The highest BCUT2D eigenvalue weighted by atomic mass is 35.5. The van der Waals surface area contributed by atoms with Crippen LogP contribution in [0, 0.1) is 5.92 Å². The number of halogens is 1. The van der Waals surface area contributed by atoms with Crippen LogP contribution in [0.2, 0.25) is 5.02 Å². The fourth-order valence-electron chi connectivity index (χ4n) is 3.04. The Labute approximate surface area is 128 Å². The largest absolute Gasteiger partial charge is 0.316 e. The second-order valence-electron chi connectivity index (χ2n) is 6.03. The van der Waals surface area contributed by atoms with E-state index in [0.29, 0.717) is 6.04 Å². The van der Waals surface area contributed by atoms with Crippen LogP contribution in [0.4, 0.5) is 0 Å². The number of rotatable bonds is 6. The Kier molecular flexibility index (Phi) is 6.34. The molecule has 1 aromatic rings. The molecule has 1 fully saturated rings. The lowest BCUT2D eigenvalue weighted by molar-refractivity contribution is 0.242. The molecular formula is C17H27ClN2. The van der Waals surface area contributed by atoms with Crippen molar-refractivity contribution in [2.24, 2.45) is 5.92 Å². The lowest BCUT2D eigenvalue weighted by Gasteiger charge is -2.27. The van der Waals surface area contributed by atoms with Crippen molar-refractivity contribution in [1.29, 1.82) is 0 Å². The third kappa shape index (κ3) is 4.47. The topological polar surface area (TPSA) is 15.3 Å². The predicted octanol–water partition coefficient (Wildman–Crippen LogP) is 4.11. The van der Waals surface area contributed by atoms with Crippen molar-refractivity contribution >= 4 is 11.6 Å². The normalized spacial score (nSPS) is 21.1. The van der Waals surface area contributed by atoms with Crippen LogP contribution >= 0.6 is 11.6 Å². The summed E-state index contributed by atoms with van der Waals surface area (Å²) in [4.78, 5) is 2.41. The molecule has 0 spiro atoms. The summed E-state index contributed by atoms with van der Waals surface area (Å²) in [6.45, 7) is 5.80. The maximum atomic E-state index is 6.28. The fourth-order valence-corrected chi connectivity index (χ4v) is 3.34. The predicted molar refractivity (Wildman–Crippen MR) is 87.3 cm³/mol. The number of benzene rings is 1. The number of nitrogens with one attached hydrogen (secondary N) is 1. The van der Waals surface area contributed by atoms with Gasteiger partial charge in [-0.05, 0) is 76.8 Å². The first-order chi connectivity index (χ1) is 9.68. The molecule has 3 heteroatoms. The van der Waals surface area contributed by atoms with Crippen molar-refractivity contribution in [2.45, 2.75) is 38.6 Å². The molecule has 0 amide bonds. The van der Waals surface area contributed by atoms with Crippen LogP contribution in [0.25, 0.3) is 0 Å². The first kappa shape index (κ1) is 15.8. The van der Waals surface area contributed by atoms with Gasteiger partial charge < -0.3 is 5.32 Å². The van der Waals surface area contributed by atoms with E-state index in [1.54, 1.807) is 0 Å². The Morgan fingerprint density at radius 1 is 1.40 bits per heavy atom. The zero-order chi connectivity index (χ0) is 14.4. The Morgan fingerprint density at radius 3 is 2.90 bits per heavy atom. The minimum Gasteiger partial charge on any atom is -0.316 e. The molecule has 0 aliphatic carbocycles. The summed E-state index contributed by atoms with van der Waals surface area (Å²) in [6.07, 6.45) is 5.36. The quantitative estimate of drug-likeness (QED) is 0.849. The molecule has 2 nitrogen and oxygen atoms in total. The number of piperidine rings is 1.